The van der Waals surface area contributed by atoms with Crippen LogP contribution in [0.3, 0.4) is 0 Å². The first kappa shape index (κ1) is 15.4. The van der Waals surface area contributed by atoms with E-state index < -0.39 is 0 Å². The van der Waals surface area contributed by atoms with Crippen molar-refractivity contribution in [2.24, 2.45) is 17.3 Å². The van der Waals surface area contributed by atoms with Gasteiger partial charge in [0.1, 0.15) is 0 Å². The molecule has 1 nitrogen and oxygen atoms in total. The average Bonchev–Trinajstić information content (AvgIpc) is 3.32. The van der Waals surface area contributed by atoms with Crippen LogP contribution in [0.25, 0.3) is 21.9 Å². The molecule has 3 aromatic rings. The van der Waals surface area contributed by atoms with Crippen molar-refractivity contribution in [3.05, 3.63) is 83.9 Å². The lowest BCUT2D eigenvalue weighted by molar-refractivity contribution is 0.0703. The van der Waals surface area contributed by atoms with Gasteiger partial charge in [0, 0.05) is 11.0 Å². The molecule has 1 saturated carbocycles. The zero-order valence-electron chi connectivity index (χ0n) is 15.3. The highest BCUT2D eigenvalue weighted by atomic mass is 16.1. The molecule has 1 heteroatoms. The van der Waals surface area contributed by atoms with E-state index in [1.165, 1.54) is 33.9 Å². The zero-order valence-corrected chi connectivity index (χ0v) is 15.3. The van der Waals surface area contributed by atoms with Crippen LogP contribution in [0.4, 0.5) is 0 Å². The molecule has 0 aliphatic heterocycles. The van der Waals surface area contributed by atoms with E-state index in [1.807, 2.05) is 6.07 Å². The van der Waals surface area contributed by atoms with Crippen LogP contribution in [0, 0.1) is 17.3 Å². The van der Waals surface area contributed by atoms with Crippen molar-refractivity contribution < 1.29 is 4.79 Å². The van der Waals surface area contributed by atoms with Gasteiger partial charge in [0.2, 0.25) is 0 Å². The van der Waals surface area contributed by atoms with Gasteiger partial charge in [-0.1, -0.05) is 60.7 Å². The third kappa shape index (κ3) is 2.15. The number of fused-ring (bicyclic) bond motifs is 5. The van der Waals surface area contributed by atoms with Crippen molar-refractivity contribution in [2.45, 2.75) is 25.7 Å². The molecule has 0 radical (unpaired) electrons. The van der Waals surface area contributed by atoms with Crippen molar-refractivity contribution in [3.63, 3.8) is 0 Å². The van der Waals surface area contributed by atoms with E-state index in [4.69, 9.17) is 0 Å². The minimum Gasteiger partial charge on any atom is -0.294 e. The SMILES string of the molecule is O=C1c2cc3ccc(-c4ccccc4)cc3cc2CCC12CC1C=CC2C1. The van der Waals surface area contributed by atoms with Gasteiger partial charge < -0.3 is 0 Å². The number of carbonyl (C=O) groups excluding carboxylic acids is 1. The number of carbonyl (C=O) groups is 1. The number of hydrogen-bond acceptors (Lipinski definition) is 1. The Kier molecular flexibility index (Phi) is 3.09. The first-order valence-corrected chi connectivity index (χ1v) is 10.1. The van der Waals surface area contributed by atoms with Crippen LogP contribution < -0.4 is 0 Å². The van der Waals surface area contributed by atoms with Crippen molar-refractivity contribution in [3.8, 4) is 11.1 Å². The quantitative estimate of drug-likeness (QED) is 0.476. The lowest BCUT2D eigenvalue weighted by atomic mass is 9.63. The van der Waals surface area contributed by atoms with E-state index in [0.717, 1.165) is 24.8 Å². The standard InChI is InChI=1S/C26H22O/c27-25-24-15-20-8-7-19(18-4-2-1-3-5-18)13-22(20)14-21(24)10-11-26(25)16-17-6-9-23(26)12-17/h1-9,13-15,17,23H,10-12,16H2. The summed E-state index contributed by atoms with van der Waals surface area (Å²) in [5.74, 6) is 1.52. The fourth-order valence-corrected chi connectivity index (χ4v) is 5.82. The summed E-state index contributed by atoms with van der Waals surface area (Å²) in [4.78, 5) is 13.5. The first-order chi connectivity index (χ1) is 13.2. The predicted octanol–water partition coefficient (Wildman–Crippen LogP) is 6.22. The molecule has 2 bridgehead atoms. The molecule has 1 spiro atoms. The van der Waals surface area contributed by atoms with Crippen LogP contribution in [0.2, 0.25) is 0 Å². The second kappa shape index (κ2) is 5.42. The van der Waals surface area contributed by atoms with E-state index in [-0.39, 0.29) is 5.41 Å². The molecule has 0 N–H and O–H groups in total. The number of aryl methyl sites for hydroxylation is 1. The first-order valence-electron chi connectivity index (χ1n) is 10.1. The Labute approximate surface area is 159 Å². The minimum absolute atomic E-state index is 0.107. The van der Waals surface area contributed by atoms with Crippen molar-refractivity contribution in [1.29, 1.82) is 0 Å². The summed E-state index contributed by atoms with van der Waals surface area (Å²) in [6, 6.07) is 21.5. The molecule has 27 heavy (non-hydrogen) atoms. The average molecular weight is 350 g/mol. The monoisotopic (exact) mass is 350 g/mol. The maximum atomic E-state index is 13.5. The molecular weight excluding hydrogens is 328 g/mol. The Morgan fingerprint density at radius 3 is 2.52 bits per heavy atom. The van der Waals surface area contributed by atoms with E-state index in [1.54, 1.807) is 0 Å². The second-order valence-electron chi connectivity index (χ2n) is 8.61. The normalized spacial score (nSPS) is 28.2. The van der Waals surface area contributed by atoms with Gasteiger partial charge >= 0.3 is 0 Å². The number of hydrogen-bond donors (Lipinski definition) is 0. The van der Waals surface area contributed by atoms with Crippen LogP contribution in [0.1, 0.15) is 35.2 Å². The van der Waals surface area contributed by atoms with Gasteiger partial charge in [-0.05, 0) is 77.1 Å². The van der Waals surface area contributed by atoms with Crippen molar-refractivity contribution >= 4 is 16.6 Å². The van der Waals surface area contributed by atoms with Gasteiger partial charge in [-0.15, -0.1) is 0 Å². The molecule has 3 unspecified atom stereocenters. The second-order valence-corrected chi connectivity index (χ2v) is 8.61. The Morgan fingerprint density at radius 1 is 0.852 bits per heavy atom. The molecule has 0 saturated heterocycles. The summed E-state index contributed by atoms with van der Waals surface area (Å²) in [6.07, 6.45) is 8.97. The zero-order chi connectivity index (χ0) is 18.0. The lowest BCUT2D eigenvalue weighted by Gasteiger charge is -2.38. The fourth-order valence-electron chi connectivity index (χ4n) is 5.82. The predicted molar refractivity (Wildman–Crippen MR) is 110 cm³/mol. The molecule has 3 aromatic carbocycles. The lowest BCUT2D eigenvalue weighted by Crippen LogP contribution is -2.39. The molecule has 3 atom stereocenters. The Bertz CT molecular complexity index is 1110. The number of benzene rings is 3. The smallest absolute Gasteiger partial charge is 0.169 e. The third-order valence-electron chi connectivity index (χ3n) is 7.22. The largest absolute Gasteiger partial charge is 0.294 e. The molecule has 1 fully saturated rings. The summed E-state index contributed by atoms with van der Waals surface area (Å²) >= 11 is 0. The summed E-state index contributed by atoms with van der Waals surface area (Å²) in [5.41, 5.74) is 4.60. The highest BCUT2D eigenvalue weighted by Crippen LogP contribution is 2.57. The minimum atomic E-state index is -0.107. The van der Waals surface area contributed by atoms with Gasteiger partial charge in [0.05, 0.1) is 0 Å². The molecule has 0 amide bonds. The Hall–Kier alpha value is -2.67. The topological polar surface area (TPSA) is 17.1 Å². The third-order valence-corrected chi connectivity index (χ3v) is 7.22. The molecule has 0 heterocycles. The van der Waals surface area contributed by atoms with Gasteiger partial charge in [-0.2, -0.15) is 0 Å². The number of rotatable bonds is 1. The van der Waals surface area contributed by atoms with E-state index >= 15 is 0 Å². The maximum absolute atomic E-state index is 13.5. The van der Waals surface area contributed by atoms with Crippen LogP contribution in [0.15, 0.2) is 72.8 Å². The van der Waals surface area contributed by atoms with Gasteiger partial charge in [0.25, 0.3) is 0 Å². The molecular formula is C26H22O. The molecule has 6 rings (SSSR count). The fraction of sp³-hybridized carbons (Fsp3) is 0.269. The van der Waals surface area contributed by atoms with E-state index in [2.05, 4.69) is 66.7 Å². The highest BCUT2D eigenvalue weighted by Gasteiger charge is 2.54. The molecule has 3 aliphatic carbocycles. The summed E-state index contributed by atoms with van der Waals surface area (Å²) in [7, 11) is 0. The van der Waals surface area contributed by atoms with Crippen LogP contribution in [-0.4, -0.2) is 5.78 Å². The van der Waals surface area contributed by atoms with Gasteiger partial charge in [-0.25, -0.2) is 0 Å². The van der Waals surface area contributed by atoms with Crippen LogP contribution in [0.5, 0.6) is 0 Å². The van der Waals surface area contributed by atoms with Crippen LogP contribution in [-0.2, 0) is 6.42 Å². The molecule has 0 aromatic heterocycles. The number of ketones is 1. The van der Waals surface area contributed by atoms with Crippen molar-refractivity contribution in [1.82, 2.24) is 0 Å². The Morgan fingerprint density at radius 2 is 1.74 bits per heavy atom. The summed E-state index contributed by atoms with van der Waals surface area (Å²) in [6.45, 7) is 0. The number of Topliss-reactive ketones (excluding diaryl/α,β-unsaturated/α-hetero) is 1. The maximum Gasteiger partial charge on any atom is 0.169 e. The van der Waals surface area contributed by atoms with E-state index in [0.29, 0.717) is 17.6 Å². The van der Waals surface area contributed by atoms with Gasteiger partial charge in [-0.3, -0.25) is 4.79 Å². The highest BCUT2D eigenvalue weighted by molar-refractivity contribution is 6.06. The van der Waals surface area contributed by atoms with Gasteiger partial charge in [0.15, 0.2) is 5.78 Å². The van der Waals surface area contributed by atoms with Crippen LogP contribution >= 0.6 is 0 Å². The van der Waals surface area contributed by atoms with Crippen molar-refractivity contribution in [2.75, 3.05) is 0 Å². The molecule has 132 valence electrons. The van der Waals surface area contributed by atoms with E-state index in [9.17, 15) is 4.79 Å². The molecule has 3 aliphatic rings. The summed E-state index contributed by atoms with van der Waals surface area (Å²) < 4.78 is 0. The Balaban J connectivity index is 1.45. The number of allylic oxidation sites excluding steroid dienone is 2. The summed E-state index contributed by atoms with van der Waals surface area (Å²) in [5, 5.41) is 2.42.